The van der Waals surface area contributed by atoms with Crippen molar-refractivity contribution in [2.24, 2.45) is 10.2 Å². The third kappa shape index (κ3) is 4.07. The third-order valence-electron chi connectivity index (χ3n) is 4.32. The van der Waals surface area contributed by atoms with Gasteiger partial charge in [0, 0.05) is 0 Å². The number of benzene rings is 2. The van der Waals surface area contributed by atoms with Crippen LogP contribution in [0.4, 0.5) is 5.69 Å². The quantitative estimate of drug-likeness (QED) is 0.471. The fraction of sp³-hybridized carbons (Fsp3) is 0.136. The van der Waals surface area contributed by atoms with Gasteiger partial charge >= 0.3 is 0 Å². The van der Waals surface area contributed by atoms with Gasteiger partial charge in [-0.1, -0.05) is 59.8 Å². The van der Waals surface area contributed by atoms with Crippen molar-refractivity contribution in [3.05, 3.63) is 89.9 Å². The minimum absolute atomic E-state index is 0.0182. The molecular weight excluding hydrogens is 370 g/mol. The van der Waals surface area contributed by atoms with Crippen LogP contribution < -0.4 is 4.90 Å². The Bertz CT molecular complexity index is 1010. The molecule has 2 heterocycles. The van der Waals surface area contributed by atoms with E-state index in [1.165, 1.54) is 23.5 Å². The number of thioether (sulfide) groups is 1. The number of anilines is 1. The van der Waals surface area contributed by atoms with Crippen LogP contribution in [0, 0.1) is 6.92 Å². The molecule has 3 aromatic rings. The van der Waals surface area contributed by atoms with Gasteiger partial charge in [0.1, 0.15) is 5.76 Å². The summed E-state index contributed by atoms with van der Waals surface area (Å²) in [7, 11) is 0. The Labute approximate surface area is 167 Å². The van der Waals surface area contributed by atoms with Gasteiger partial charge in [0.05, 0.1) is 23.4 Å². The molecule has 1 aliphatic heterocycles. The van der Waals surface area contributed by atoms with Crippen LogP contribution in [0.1, 0.15) is 16.9 Å². The maximum atomic E-state index is 13.2. The number of hydrogen-bond acceptors (Lipinski definition) is 5. The molecule has 1 saturated heterocycles. The number of hydrogen-bond donors (Lipinski definition) is 0. The lowest BCUT2D eigenvalue weighted by molar-refractivity contribution is -0.116. The number of nitrogens with zero attached hydrogens (tertiary/aromatic N) is 3. The predicted molar refractivity (Wildman–Crippen MR) is 114 cm³/mol. The van der Waals surface area contributed by atoms with Crippen LogP contribution in [0.25, 0.3) is 0 Å². The molecule has 28 heavy (non-hydrogen) atoms. The van der Waals surface area contributed by atoms with Crippen LogP contribution >= 0.6 is 11.8 Å². The molecule has 0 bridgehead atoms. The minimum Gasteiger partial charge on any atom is -0.463 e. The normalized spacial score (nSPS) is 18.5. The van der Waals surface area contributed by atoms with Crippen LogP contribution in [0.5, 0.6) is 0 Å². The SMILES string of the molecule is Cc1cccc(CC2S/C(=N/N=C/c3ccco3)N(c3ccccc3)C2=O)c1. The van der Waals surface area contributed by atoms with Gasteiger partial charge in [0.25, 0.3) is 0 Å². The topological polar surface area (TPSA) is 58.2 Å². The summed E-state index contributed by atoms with van der Waals surface area (Å²) in [5.74, 6) is 0.630. The molecule has 1 fully saturated rings. The molecule has 5 nitrogen and oxygen atoms in total. The Hall–Kier alpha value is -3.12. The first-order chi connectivity index (χ1) is 13.7. The Morgan fingerprint density at radius 1 is 1.11 bits per heavy atom. The van der Waals surface area contributed by atoms with Crippen LogP contribution in [0.3, 0.4) is 0 Å². The molecule has 0 spiro atoms. The number of furan rings is 1. The largest absolute Gasteiger partial charge is 0.463 e. The Balaban J connectivity index is 1.61. The van der Waals surface area contributed by atoms with E-state index in [0.717, 1.165) is 11.3 Å². The van der Waals surface area contributed by atoms with Gasteiger partial charge in [-0.15, -0.1) is 5.10 Å². The lowest BCUT2D eigenvalue weighted by atomic mass is 10.1. The summed E-state index contributed by atoms with van der Waals surface area (Å²) in [5.41, 5.74) is 3.11. The number of amidine groups is 1. The van der Waals surface area contributed by atoms with Crippen molar-refractivity contribution in [3.8, 4) is 0 Å². The van der Waals surface area contributed by atoms with Gasteiger partial charge < -0.3 is 4.42 Å². The summed E-state index contributed by atoms with van der Waals surface area (Å²) in [4.78, 5) is 14.8. The molecule has 140 valence electrons. The highest BCUT2D eigenvalue weighted by Gasteiger charge is 2.39. The highest BCUT2D eigenvalue weighted by atomic mass is 32.2. The second-order valence-electron chi connectivity index (χ2n) is 6.45. The van der Waals surface area contributed by atoms with E-state index in [1.807, 2.05) is 36.4 Å². The number of carbonyl (C=O) groups excluding carboxylic acids is 1. The number of aryl methyl sites for hydroxylation is 1. The highest BCUT2D eigenvalue weighted by Crippen LogP contribution is 2.34. The van der Waals surface area contributed by atoms with Crippen LogP contribution in [-0.2, 0) is 11.2 Å². The first kappa shape index (κ1) is 18.3. The maximum absolute atomic E-state index is 13.2. The molecule has 0 radical (unpaired) electrons. The second-order valence-corrected chi connectivity index (χ2v) is 7.62. The van der Waals surface area contributed by atoms with E-state index in [1.54, 1.807) is 23.3 Å². The molecular formula is C22H19N3O2S. The van der Waals surface area contributed by atoms with E-state index in [-0.39, 0.29) is 11.2 Å². The zero-order valence-electron chi connectivity index (χ0n) is 15.4. The Kier molecular flexibility index (Phi) is 5.39. The third-order valence-corrected chi connectivity index (χ3v) is 5.45. The smallest absolute Gasteiger partial charge is 0.247 e. The Morgan fingerprint density at radius 3 is 2.71 bits per heavy atom. The summed E-state index contributed by atoms with van der Waals surface area (Å²) in [5, 5.41) is 8.76. The zero-order chi connectivity index (χ0) is 19.3. The summed E-state index contributed by atoms with van der Waals surface area (Å²) in [6.07, 6.45) is 3.76. The highest BCUT2D eigenvalue weighted by molar-refractivity contribution is 8.16. The molecule has 1 unspecified atom stereocenters. The van der Waals surface area contributed by atoms with E-state index < -0.39 is 0 Å². The molecule has 1 aliphatic rings. The van der Waals surface area contributed by atoms with Crippen molar-refractivity contribution in [1.82, 2.24) is 0 Å². The fourth-order valence-electron chi connectivity index (χ4n) is 3.03. The maximum Gasteiger partial charge on any atom is 0.247 e. The Morgan fingerprint density at radius 2 is 1.96 bits per heavy atom. The summed E-state index contributed by atoms with van der Waals surface area (Å²) in [6.45, 7) is 2.06. The van der Waals surface area contributed by atoms with Crippen molar-refractivity contribution >= 4 is 34.7 Å². The second kappa shape index (κ2) is 8.27. The van der Waals surface area contributed by atoms with E-state index in [9.17, 15) is 4.79 Å². The van der Waals surface area contributed by atoms with Gasteiger partial charge in [-0.25, -0.2) is 0 Å². The number of carbonyl (C=O) groups is 1. The van der Waals surface area contributed by atoms with E-state index in [0.29, 0.717) is 17.3 Å². The van der Waals surface area contributed by atoms with Crippen molar-refractivity contribution in [2.45, 2.75) is 18.6 Å². The first-order valence-electron chi connectivity index (χ1n) is 8.96. The van der Waals surface area contributed by atoms with Crippen LogP contribution in [-0.4, -0.2) is 22.5 Å². The molecule has 1 atom stereocenters. The summed E-state index contributed by atoms with van der Waals surface area (Å²) >= 11 is 1.44. The molecule has 1 aromatic heterocycles. The van der Waals surface area contributed by atoms with Gasteiger partial charge in [-0.05, 0) is 43.2 Å². The minimum atomic E-state index is -0.237. The van der Waals surface area contributed by atoms with Crippen molar-refractivity contribution in [3.63, 3.8) is 0 Å². The number of para-hydroxylation sites is 1. The van der Waals surface area contributed by atoms with Gasteiger partial charge in [-0.3, -0.25) is 9.69 Å². The molecule has 6 heteroatoms. The zero-order valence-corrected chi connectivity index (χ0v) is 16.2. The standard InChI is InChI=1S/C22H19N3O2S/c1-16-7-5-8-17(13-16)14-20-21(26)25(18-9-3-2-4-10-18)22(28-20)24-23-15-19-11-6-12-27-19/h2-13,15,20H,14H2,1H3/b23-15+,24-22+. The molecule has 0 N–H and O–H groups in total. The van der Waals surface area contributed by atoms with Crippen molar-refractivity contribution < 1.29 is 9.21 Å². The lowest BCUT2D eigenvalue weighted by Gasteiger charge is -2.15. The van der Waals surface area contributed by atoms with Crippen LogP contribution in [0.2, 0.25) is 0 Å². The van der Waals surface area contributed by atoms with Crippen molar-refractivity contribution in [1.29, 1.82) is 0 Å². The van der Waals surface area contributed by atoms with Gasteiger partial charge in [-0.2, -0.15) is 5.10 Å². The first-order valence-corrected chi connectivity index (χ1v) is 9.84. The lowest BCUT2D eigenvalue weighted by Crippen LogP contribution is -2.32. The van der Waals surface area contributed by atoms with E-state index in [2.05, 4.69) is 35.3 Å². The summed E-state index contributed by atoms with van der Waals surface area (Å²) < 4.78 is 5.24. The predicted octanol–water partition coefficient (Wildman–Crippen LogP) is 4.67. The van der Waals surface area contributed by atoms with E-state index in [4.69, 9.17) is 4.42 Å². The van der Waals surface area contributed by atoms with E-state index >= 15 is 0 Å². The van der Waals surface area contributed by atoms with Gasteiger partial charge in [0.15, 0.2) is 5.17 Å². The fourth-order valence-corrected chi connectivity index (χ4v) is 4.17. The van der Waals surface area contributed by atoms with Crippen molar-refractivity contribution in [2.75, 3.05) is 4.90 Å². The van der Waals surface area contributed by atoms with Gasteiger partial charge in [0.2, 0.25) is 5.91 Å². The van der Waals surface area contributed by atoms with Crippen LogP contribution in [0.15, 0.2) is 87.6 Å². The number of amides is 1. The average Bonchev–Trinajstić information content (AvgIpc) is 3.31. The molecule has 0 saturated carbocycles. The average molecular weight is 389 g/mol. The summed E-state index contributed by atoms with van der Waals surface area (Å²) in [6, 6.07) is 21.4. The molecule has 1 amide bonds. The molecule has 2 aromatic carbocycles. The monoisotopic (exact) mass is 389 g/mol. The number of rotatable bonds is 5. The molecule has 0 aliphatic carbocycles. The molecule has 4 rings (SSSR count).